The summed E-state index contributed by atoms with van der Waals surface area (Å²) >= 11 is 0. The van der Waals surface area contributed by atoms with Gasteiger partial charge in [0.05, 0.1) is 0 Å². The Hall–Kier alpha value is -0.683. The summed E-state index contributed by atoms with van der Waals surface area (Å²) in [5, 5.41) is 1.29. The van der Waals surface area contributed by atoms with Crippen LogP contribution >= 0.6 is 0 Å². The van der Waals surface area contributed by atoms with Crippen LogP contribution in [0.15, 0.2) is 30.3 Å². The van der Waals surface area contributed by atoms with E-state index in [4.69, 9.17) is 15.2 Å². The van der Waals surface area contributed by atoms with Crippen LogP contribution < -0.4 is 10.9 Å². The van der Waals surface area contributed by atoms with Crippen molar-refractivity contribution in [3.05, 3.63) is 30.3 Å². The van der Waals surface area contributed by atoms with Gasteiger partial charge in [-0.25, -0.2) is 0 Å². The first-order valence-corrected chi connectivity index (χ1v) is 6.02. The molecular formula is C10H17NO2Si. The Bertz CT molecular complexity index is 254. The molecule has 0 aliphatic rings. The lowest BCUT2D eigenvalue weighted by molar-refractivity contribution is -0.135. The number of rotatable bonds is 5. The minimum absolute atomic E-state index is 0.404. The van der Waals surface area contributed by atoms with Crippen LogP contribution in [0.3, 0.4) is 0 Å². The van der Waals surface area contributed by atoms with Crippen molar-refractivity contribution in [2.45, 2.75) is 5.41 Å². The summed E-state index contributed by atoms with van der Waals surface area (Å²) in [7, 11) is 2.62. The van der Waals surface area contributed by atoms with E-state index in [1.807, 2.05) is 18.2 Å². The fraction of sp³-hybridized carbons (Fsp3) is 0.400. The maximum atomic E-state index is 5.66. The standard InChI is InChI=1S/C10H17NO2Si/c1-12-10(8-11,13-2)14-9-6-4-3-5-7-9/h3-7H,8,11,14H2,1-2H3. The Morgan fingerprint density at radius 1 is 1.21 bits per heavy atom. The van der Waals surface area contributed by atoms with Gasteiger partial charge < -0.3 is 15.2 Å². The molecule has 3 nitrogen and oxygen atoms in total. The zero-order chi connectivity index (χ0) is 10.4. The third-order valence-corrected chi connectivity index (χ3v) is 4.66. The molecule has 0 aromatic heterocycles. The molecule has 0 spiro atoms. The van der Waals surface area contributed by atoms with Crippen LogP contribution in [0.4, 0.5) is 0 Å². The van der Waals surface area contributed by atoms with E-state index in [1.54, 1.807) is 14.2 Å². The van der Waals surface area contributed by atoms with Gasteiger partial charge >= 0.3 is 0 Å². The molecule has 0 saturated carbocycles. The van der Waals surface area contributed by atoms with Gasteiger partial charge in [0.25, 0.3) is 0 Å². The highest BCUT2D eigenvalue weighted by molar-refractivity contribution is 6.56. The van der Waals surface area contributed by atoms with Gasteiger partial charge in [-0.2, -0.15) is 0 Å². The predicted molar refractivity (Wildman–Crippen MR) is 60.4 cm³/mol. The van der Waals surface area contributed by atoms with Crippen molar-refractivity contribution < 1.29 is 9.47 Å². The van der Waals surface area contributed by atoms with Gasteiger partial charge in [-0.3, -0.25) is 0 Å². The molecule has 0 unspecified atom stereocenters. The summed E-state index contributed by atoms with van der Waals surface area (Å²) in [6.45, 7) is 0.404. The molecule has 14 heavy (non-hydrogen) atoms. The lowest BCUT2D eigenvalue weighted by Gasteiger charge is -2.29. The largest absolute Gasteiger partial charge is 0.356 e. The van der Waals surface area contributed by atoms with E-state index in [-0.39, 0.29) is 0 Å². The lowest BCUT2D eigenvalue weighted by Crippen LogP contribution is -2.51. The zero-order valence-corrected chi connectivity index (χ0v) is 10.1. The first kappa shape index (κ1) is 11.4. The van der Waals surface area contributed by atoms with Crippen molar-refractivity contribution in [2.24, 2.45) is 5.73 Å². The maximum Gasteiger partial charge on any atom is 0.160 e. The minimum Gasteiger partial charge on any atom is -0.356 e. The summed E-state index contributed by atoms with van der Waals surface area (Å²) in [5.41, 5.74) is 5.11. The van der Waals surface area contributed by atoms with Gasteiger partial charge in [0, 0.05) is 20.8 Å². The normalized spacial score (nSPS) is 12.5. The SMILES string of the molecule is COC(CN)(OC)[SiH2]c1ccccc1. The average Bonchev–Trinajstić information content (AvgIpc) is 2.28. The summed E-state index contributed by atoms with van der Waals surface area (Å²) in [5.74, 6) is 0. The number of nitrogens with two attached hydrogens (primary N) is 1. The van der Waals surface area contributed by atoms with Crippen molar-refractivity contribution in [3.8, 4) is 0 Å². The van der Waals surface area contributed by atoms with E-state index in [9.17, 15) is 0 Å². The summed E-state index contributed by atoms with van der Waals surface area (Å²) in [6, 6.07) is 10.2. The minimum atomic E-state index is -0.674. The van der Waals surface area contributed by atoms with Crippen molar-refractivity contribution >= 4 is 14.7 Å². The van der Waals surface area contributed by atoms with Crippen LogP contribution in [0, 0.1) is 0 Å². The quantitative estimate of drug-likeness (QED) is 0.522. The average molecular weight is 211 g/mol. The summed E-state index contributed by atoms with van der Waals surface area (Å²) in [6.07, 6.45) is 0. The molecule has 0 atom stereocenters. The van der Waals surface area contributed by atoms with E-state index in [0.29, 0.717) is 6.54 Å². The van der Waals surface area contributed by atoms with Gasteiger partial charge in [-0.1, -0.05) is 35.5 Å². The van der Waals surface area contributed by atoms with Crippen LogP contribution in [0.2, 0.25) is 0 Å². The first-order chi connectivity index (χ1) is 6.76. The molecule has 0 radical (unpaired) electrons. The Labute approximate surface area is 87.0 Å². The molecule has 1 aromatic carbocycles. The van der Waals surface area contributed by atoms with Crippen LogP contribution in [0.25, 0.3) is 0 Å². The van der Waals surface area contributed by atoms with Gasteiger partial charge in [0.2, 0.25) is 0 Å². The number of ether oxygens (including phenoxy) is 2. The third-order valence-electron chi connectivity index (χ3n) is 2.37. The van der Waals surface area contributed by atoms with Crippen molar-refractivity contribution in [2.75, 3.05) is 20.8 Å². The number of hydrogen-bond donors (Lipinski definition) is 1. The molecule has 0 aliphatic heterocycles. The van der Waals surface area contributed by atoms with Gasteiger partial charge in [-0.05, 0) is 0 Å². The van der Waals surface area contributed by atoms with E-state index >= 15 is 0 Å². The molecular weight excluding hydrogens is 194 g/mol. The van der Waals surface area contributed by atoms with Gasteiger partial charge in [-0.15, -0.1) is 0 Å². The smallest absolute Gasteiger partial charge is 0.160 e. The molecule has 1 rings (SSSR count). The Morgan fingerprint density at radius 3 is 2.21 bits per heavy atom. The second-order valence-corrected chi connectivity index (χ2v) is 5.43. The van der Waals surface area contributed by atoms with Gasteiger partial charge in [0.1, 0.15) is 9.52 Å². The molecule has 4 heteroatoms. The molecule has 0 bridgehead atoms. The highest BCUT2D eigenvalue weighted by atomic mass is 28.2. The van der Waals surface area contributed by atoms with E-state index in [0.717, 1.165) is 0 Å². The van der Waals surface area contributed by atoms with Crippen molar-refractivity contribution in [1.29, 1.82) is 0 Å². The summed E-state index contributed by atoms with van der Waals surface area (Å²) < 4.78 is 10.7. The van der Waals surface area contributed by atoms with Crippen LogP contribution in [0.5, 0.6) is 0 Å². The molecule has 0 aliphatic carbocycles. The van der Waals surface area contributed by atoms with E-state index in [1.165, 1.54) is 5.19 Å². The topological polar surface area (TPSA) is 44.5 Å². The molecule has 1 aromatic rings. The fourth-order valence-corrected chi connectivity index (χ4v) is 2.94. The lowest BCUT2D eigenvalue weighted by atomic mass is 10.4. The Morgan fingerprint density at radius 2 is 1.79 bits per heavy atom. The second-order valence-electron chi connectivity index (χ2n) is 3.19. The Kier molecular flexibility index (Phi) is 4.28. The maximum absolute atomic E-state index is 5.66. The number of benzene rings is 1. The van der Waals surface area contributed by atoms with Crippen molar-refractivity contribution in [1.82, 2.24) is 0 Å². The first-order valence-electron chi connectivity index (χ1n) is 4.60. The van der Waals surface area contributed by atoms with E-state index in [2.05, 4.69) is 12.1 Å². The van der Waals surface area contributed by atoms with Crippen LogP contribution in [-0.4, -0.2) is 35.7 Å². The van der Waals surface area contributed by atoms with Crippen molar-refractivity contribution in [3.63, 3.8) is 0 Å². The number of methoxy groups -OCH3 is 2. The summed E-state index contributed by atoms with van der Waals surface area (Å²) in [4.78, 5) is 0. The predicted octanol–water partition coefficient (Wildman–Crippen LogP) is -0.614. The number of hydrogen-bond acceptors (Lipinski definition) is 3. The molecule has 78 valence electrons. The third kappa shape index (κ3) is 2.65. The highest BCUT2D eigenvalue weighted by Gasteiger charge is 2.28. The van der Waals surface area contributed by atoms with Gasteiger partial charge in [0.15, 0.2) is 5.41 Å². The second kappa shape index (κ2) is 5.26. The van der Waals surface area contributed by atoms with Crippen LogP contribution in [-0.2, 0) is 9.47 Å². The monoisotopic (exact) mass is 211 g/mol. The fourth-order valence-electron chi connectivity index (χ4n) is 1.37. The van der Waals surface area contributed by atoms with Crippen LogP contribution in [0.1, 0.15) is 0 Å². The molecule has 2 N–H and O–H groups in total. The molecule has 0 amide bonds. The highest BCUT2D eigenvalue weighted by Crippen LogP contribution is 2.06. The molecule has 0 fully saturated rings. The Balaban J connectivity index is 2.74. The van der Waals surface area contributed by atoms with E-state index < -0.39 is 14.9 Å². The molecule has 0 heterocycles. The zero-order valence-electron chi connectivity index (χ0n) is 8.69. The molecule has 0 saturated heterocycles.